The quantitative estimate of drug-likeness (QED) is 0.868. The number of rotatable bonds is 5. The van der Waals surface area contributed by atoms with Gasteiger partial charge in [0.1, 0.15) is 0 Å². The van der Waals surface area contributed by atoms with Crippen LogP contribution in [0.2, 0.25) is 0 Å². The number of ether oxygens (including phenoxy) is 1. The molecule has 108 valence electrons. The Morgan fingerprint density at radius 2 is 2.37 bits per heavy atom. The van der Waals surface area contributed by atoms with Gasteiger partial charge in [-0.1, -0.05) is 0 Å². The summed E-state index contributed by atoms with van der Waals surface area (Å²) >= 11 is 1.38. The monoisotopic (exact) mass is 284 g/mol. The molecule has 1 saturated heterocycles. The first-order valence-electron chi connectivity index (χ1n) is 6.90. The van der Waals surface area contributed by atoms with Crippen LogP contribution < -0.4 is 15.8 Å². The fourth-order valence-corrected chi connectivity index (χ4v) is 3.09. The van der Waals surface area contributed by atoms with E-state index in [1.54, 1.807) is 0 Å². The lowest BCUT2D eigenvalue weighted by molar-refractivity contribution is 0.217. The van der Waals surface area contributed by atoms with E-state index < -0.39 is 0 Å². The first-order valence-corrected chi connectivity index (χ1v) is 7.67. The molecule has 19 heavy (non-hydrogen) atoms. The Morgan fingerprint density at radius 1 is 1.58 bits per heavy atom. The molecular formula is C13H24N4OS. The van der Waals surface area contributed by atoms with E-state index in [9.17, 15) is 0 Å². The van der Waals surface area contributed by atoms with Gasteiger partial charge in [0.05, 0.1) is 6.10 Å². The number of anilines is 2. The lowest BCUT2D eigenvalue weighted by Gasteiger charge is -2.29. The molecule has 0 radical (unpaired) electrons. The second-order valence-corrected chi connectivity index (χ2v) is 6.32. The molecular weight excluding hydrogens is 260 g/mol. The van der Waals surface area contributed by atoms with Gasteiger partial charge in [0.15, 0.2) is 16.6 Å². The number of hydrogen-bond donors (Lipinski definition) is 2. The highest BCUT2D eigenvalue weighted by Crippen LogP contribution is 2.36. The summed E-state index contributed by atoms with van der Waals surface area (Å²) in [5, 5.41) is 4.41. The highest BCUT2D eigenvalue weighted by atomic mass is 32.1. The Kier molecular flexibility index (Phi) is 4.87. The highest BCUT2D eigenvalue weighted by molar-refractivity contribution is 7.11. The van der Waals surface area contributed by atoms with Gasteiger partial charge in [0, 0.05) is 13.1 Å². The molecule has 0 spiro atoms. The third-order valence-corrected chi connectivity index (χ3v) is 4.10. The molecule has 2 rings (SSSR count). The summed E-state index contributed by atoms with van der Waals surface area (Å²) in [6.07, 6.45) is 2.68. The van der Waals surface area contributed by atoms with Gasteiger partial charge in [-0.2, -0.15) is 4.37 Å². The lowest BCUT2D eigenvalue weighted by Crippen LogP contribution is -2.35. The largest absolute Gasteiger partial charge is 0.484 e. The average molecular weight is 284 g/mol. The number of nitrogens with two attached hydrogens (primary N) is 1. The van der Waals surface area contributed by atoms with E-state index in [4.69, 9.17) is 10.5 Å². The van der Waals surface area contributed by atoms with Crippen molar-refractivity contribution < 1.29 is 4.74 Å². The van der Waals surface area contributed by atoms with Crippen molar-refractivity contribution in [2.24, 2.45) is 5.92 Å². The number of nitrogens with one attached hydrogen (secondary N) is 1. The molecule has 2 heterocycles. The number of likely N-dealkylation sites (tertiary alicyclic amines) is 1. The van der Waals surface area contributed by atoms with Crippen molar-refractivity contribution in [1.29, 1.82) is 0 Å². The normalized spacial score (nSPS) is 20.7. The van der Waals surface area contributed by atoms with Crippen molar-refractivity contribution >= 4 is 22.4 Å². The summed E-state index contributed by atoms with van der Waals surface area (Å²) in [7, 11) is 2.18. The Labute approximate surface area is 119 Å². The van der Waals surface area contributed by atoms with E-state index in [0.29, 0.717) is 17.5 Å². The third-order valence-electron chi connectivity index (χ3n) is 3.30. The van der Waals surface area contributed by atoms with Gasteiger partial charge in [-0.05, 0) is 57.7 Å². The van der Waals surface area contributed by atoms with E-state index in [0.717, 1.165) is 18.1 Å². The van der Waals surface area contributed by atoms with Gasteiger partial charge < -0.3 is 20.7 Å². The van der Waals surface area contributed by atoms with Gasteiger partial charge in [0.2, 0.25) is 0 Å². The molecule has 6 heteroatoms. The number of hydrogen-bond acceptors (Lipinski definition) is 6. The predicted molar refractivity (Wildman–Crippen MR) is 81.0 cm³/mol. The van der Waals surface area contributed by atoms with Crippen molar-refractivity contribution in [2.75, 3.05) is 37.7 Å². The molecule has 1 unspecified atom stereocenters. The number of aromatic nitrogens is 1. The first kappa shape index (κ1) is 14.4. The summed E-state index contributed by atoms with van der Waals surface area (Å²) in [5.41, 5.74) is 5.85. The summed E-state index contributed by atoms with van der Waals surface area (Å²) in [5.74, 6) is 1.89. The second-order valence-electron chi connectivity index (χ2n) is 5.54. The minimum atomic E-state index is 0.111. The van der Waals surface area contributed by atoms with Crippen LogP contribution in [0.15, 0.2) is 0 Å². The van der Waals surface area contributed by atoms with Crippen LogP contribution in [0.25, 0.3) is 0 Å². The van der Waals surface area contributed by atoms with Crippen molar-refractivity contribution in [2.45, 2.75) is 32.8 Å². The zero-order chi connectivity index (χ0) is 13.8. The van der Waals surface area contributed by atoms with Crippen molar-refractivity contribution in [3.05, 3.63) is 0 Å². The SMILES string of the molecule is CC(C)Oc1c(N)nsc1NCC1CCCN(C)C1. The summed E-state index contributed by atoms with van der Waals surface area (Å²) in [6.45, 7) is 7.32. The lowest BCUT2D eigenvalue weighted by atomic mass is 9.99. The third kappa shape index (κ3) is 3.98. The van der Waals surface area contributed by atoms with E-state index >= 15 is 0 Å². The predicted octanol–water partition coefficient (Wildman–Crippen LogP) is 2.27. The van der Waals surface area contributed by atoms with E-state index in [-0.39, 0.29) is 6.10 Å². The molecule has 1 aromatic rings. The van der Waals surface area contributed by atoms with Gasteiger partial charge >= 0.3 is 0 Å². The molecule has 0 amide bonds. The Hall–Kier alpha value is -1.01. The summed E-state index contributed by atoms with van der Waals surface area (Å²) in [6, 6.07) is 0. The smallest absolute Gasteiger partial charge is 0.197 e. The molecule has 1 aliphatic heterocycles. The molecule has 0 bridgehead atoms. The van der Waals surface area contributed by atoms with Gasteiger partial charge in [-0.15, -0.1) is 0 Å². The molecule has 1 atom stereocenters. The molecule has 1 aromatic heterocycles. The molecule has 3 N–H and O–H groups in total. The van der Waals surface area contributed by atoms with Crippen LogP contribution in [0.3, 0.4) is 0 Å². The fraction of sp³-hybridized carbons (Fsp3) is 0.769. The van der Waals surface area contributed by atoms with E-state index in [1.807, 2.05) is 13.8 Å². The highest BCUT2D eigenvalue weighted by Gasteiger charge is 2.19. The number of piperidine rings is 1. The zero-order valence-electron chi connectivity index (χ0n) is 12.0. The van der Waals surface area contributed by atoms with E-state index in [2.05, 4.69) is 21.6 Å². The first-order chi connectivity index (χ1) is 9.06. The van der Waals surface area contributed by atoms with Crippen LogP contribution in [0, 0.1) is 5.92 Å². The Balaban J connectivity index is 1.92. The second kappa shape index (κ2) is 6.43. The minimum absolute atomic E-state index is 0.111. The van der Waals surface area contributed by atoms with Gasteiger partial charge in [0.25, 0.3) is 0 Å². The molecule has 0 saturated carbocycles. The summed E-state index contributed by atoms with van der Waals surface area (Å²) in [4.78, 5) is 2.39. The van der Waals surface area contributed by atoms with Crippen molar-refractivity contribution in [1.82, 2.24) is 9.27 Å². The average Bonchev–Trinajstić information content (AvgIpc) is 2.68. The minimum Gasteiger partial charge on any atom is -0.484 e. The number of nitrogens with zero attached hydrogens (tertiary/aromatic N) is 2. The molecule has 0 aliphatic carbocycles. The molecule has 0 aromatic carbocycles. The van der Waals surface area contributed by atoms with Crippen LogP contribution in [0.4, 0.5) is 10.8 Å². The van der Waals surface area contributed by atoms with Crippen LogP contribution >= 0.6 is 11.5 Å². The van der Waals surface area contributed by atoms with Crippen LogP contribution in [0.1, 0.15) is 26.7 Å². The number of nitrogen functional groups attached to an aromatic ring is 1. The van der Waals surface area contributed by atoms with Crippen molar-refractivity contribution in [3.8, 4) is 5.75 Å². The molecule has 1 fully saturated rings. The standard InChI is InChI=1S/C13H24N4OS/c1-9(2)18-11-12(14)16-19-13(11)15-7-10-5-4-6-17(3)8-10/h9-10,15H,4-8H2,1-3H3,(H2,14,16). The van der Waals surface area contributed by atoms with Crippen LogP contribution in [-0.4, -0.2) is 42.1 Å². The summed E-state index contributed by atoms with van der Waals surface area (Å²) < 4.78 is 9.90. The van der Waals surface area contributed by atoms with Gasteiger partial charge in [-0.25, -0.2) is 0 Å². The van der Waals surface area contributed by atoms with Gasteiger partial charge in [-0.3, -0.25) is 0 Å². The molecule has 1 aliphatic rings. The maximum absolute atomic E-state index is 5.85. The zero-order valence-corrected chi connectivity index (χ0v) is 12.8. The molecule has 5 nitrogen and oxygen atoms in total. The van der Waals surface area contributed by atoms with Crippen molar-refractivity contribution in [3.63, 3.8) is 0 Å². The Bertz CT molecular complexity index is 407. The fourth-order valence-electron chi connectivity index (χ4n) is 2.43. The van der Waals surface area contributed by atoms with E-state index in [1.165, 1.54) is 30.9 Å². The topological polar surface area (TPSA) is 63.4 Å². The maximum Gasteiger partial charge on any atom is 0.197 e. The van der Waals surface area contributed by atoms with Crippen LogP contribution in [0.5, 0.6) is 5.75 Å². The Morgan fingerprint density at radius 3 is 3.05 bits per heavy atom. The maximum atomic E-state index is 5.85. The van der Waals surface area contributed by atoms with Crippen LogP contribution in [-0.2, 0) is 0 Å².